The van der Waals surface area contributed by atoms with Gasteiger partial charge in [0.05, 0.1) is 17.3 Å². The predicted molar refractivity (Wildman–Crippen MR) is 78.7 cm³/mol. The molecule has 0 aliphatic heterocycles. The van der Waals surface area contributed by atoms with Gasteiger partial charge in [-0.05, 0) is 18.3 Å². The number of hydrogen-bond acceptors (Lipinski definition) is 8. The van der Waals surface area contributed by atoms with Crippen LogP contribution in [0.15, 0.2) is 6.07 Å². The molecular formula is C11H12N2O6S2. The van der Waals surface area contributed by atoms with E-state index in [1.54, 1.807) is 6.92 Å². The van der Waals surface area contributed by atoms with Crippen molar-refractivity contribution in [3.8, 4) is 0 Å². The molecular weight excluding hydrogens is 320 g/mol. The van der Waals surface area contributed by atoms with E-state index >= 15 is 0 Å². The fraction of sp³-hybridized carbons (Fsp3) is 0.364. The summed E-state index contributed by atoms with van der Waals surface area (Å²) in [5, 5.41) is 12.7. The van der Waals surface area contributed by atoms with E-state index in [1.807, 2.05) is 0 Å². The lowest BCUT2D eigenvalue weighted by Crippen LogP contribution is -2.16. The number of carbonyl (C=O) groups is 3. The molecule has 1 aromatic rings. The lowest BCUT2D eigenvalue weighted by molar-refractivity contribution is -0.380. The quantitative estimate of drug-likeness (QED) is 0.481. The maximum Gasteiger partial charge on any atom is 0.341 e. The highest BCUT2D eigenvalue weighted by Crippen LogP contribution is 2.34. The molecule has 0 aliphatic carbocycles. The van der Waals surface area contributed by atoms with Gasteiger partial charge in [-0.3, -0.25) is 19.7 Å². The van der Waals surface area contributed by atoms with Gasteiger partial charge in [0.25, 0.3) is 0 Å². The first-order valence-electron chi connectivity index (χ1n) is 5.73. The lowest BCUT2D eigenvalue weighted by Gasteiger charge is -2.04. The molecule has 0 spiro atoms. The van der Waals surface area contributed by atoms with Gasteiger partial charge in [-0.15, -0.1) is 0 Å². The Kier molecular flexibility index (Phi) is 6.31. The Hall–Kier alpha value is -1.94. The number of nitrogens with zero attached hydrogens (tertiary/aromatic N) is 1. The van der Waals surface area contributed by atoms with Crippen molar-refractivity contribution >= 4 is 50.1 Å². The summed E-state index contributed by atoms with van der Waals surface area (Å²) >= 11 is 1.46. The zero-order valence-corrected chi connectivity index (χ0v) is 12.8. The summed E-state index contributed by atoms with van der Waals surface area (Å²) in [6.07, 6.45) is 0. The highest BCUT2D eigenvalue weighted by atomic mass is 32.2. The van der Waals surface area contributed by atoms with Crippen molar-refractivity contribution in [3.05, 3.63) is 21.7 Å². The average Bonchev–Trinajstić information content (AvgIpc) is 2.81. The van der Waals surface area contributed by atoms with Crippen LogP contribution in [-0.2, 0) is 14.3 Å². The molecule has 0 fully saturated rings. The molecule has 0 saturated carbocycles. The minimum Gasteiger partial charge on any atom is -0.462 e. The number of rotatable bonds is 6. The summed E-state index contributed by atoms with van der Waals surface area (Å²) in [6.45, 7) is 3.02. The Labute approximate surface area is 128 Å². The molecule has 8 nitrogen and oxygen atoms in total. The Balaban J connectivity index is 2.93. The van der Waals surface area contributed by atoms with Crippen LogP contribution in [0.1, 0.15) is 24.2 Å². The van der Waals surface area contributed by atoms with Crippen LogP contribution in [0, 0.1) is 10.1 Å². The summed E-state index contributed by atoms with van der Waals surface area (Å²) in [4.78, 5) is 44.2. The third kappa shape index (κ3) is 5.16. The monoisotopic (exact) mass is 332 g/mol. The van der Waals surface area contributed by atoms with Crippen LogP contribution in [0.3, 0.4) is 0 Å². The van der Waals surface area contributed by atoms with E-state index < -0.39 is 16.8 Å². The minimum atomic E-state index is -0.753. The van der Waals surface area contributed by atoms with Crippen molar-refractivity contribution in [2.45, 2.75) is 13.8 Å². The zero-order valence-electron chi connectivity index (χ0n) is 11.2. The number of anilines is 1. The molecule has 1 heterocycles. The van der Waals surface area contributed by atoms with E-state index in [0.717, 1.165) is 17.8 Å². The number of nitro groups is 1. The normalized spacial score (nSPS) is 10.0. The van der Waals surface area contributed by atoms with Crippen molar-refractivity contribution in [2.75, 3.05) is 17.7 Å². The summed E-state index contributed by atoms with van der Waals surface area (Å²) < 4.78 is 4.78. The predicted octanol–water partition coefficient (Wildman–Crippen LogP) is 2.05. The fourth-order valence-corrected chi connectivity index (χ4v) is 2.54. The Bertz CT molecular complexity index is 583. The zero-order chi connectivity index (χ0) is 16.0. The lowest BCUT2D eigenvalue weighted by atomic mass is 10.3. The van der Waals surface area contributed by atoms with E-state index in [9.17, 15) is 24.5 Å². The summed E-state index contributed by atoms with van der Waals surface area (Å²) in [5.41, 5.74) is -0.0743. The molecule has 10 heteroatoms. The first-order valence-corrected chi connectivity index (χ1v) is 7.54. The molecule has 21 heavy (non-hydrogen) atoms. The second-order valence-electron chi connectivity index (χ2n) is 3.63. The van der Waals surface area contributed by atoms with Crippen molar-refractivity contribution in [1.29, 1.82) is 0 Å². The highest BCUT2D eigenvalue weighted by Gasteiger charge is 2.24. The van der Waals surface area contributed by atoms with E-state index in [2.05, 4.69) is 5.32 Å². The molecule has 0 unspecified atom stereocenters. The maximum atomic E-state index is 11.7. The second-order valence-corrected chi connectivity index (χ2v) is 5.82. The van der Waals surface area contributed by atoms with Crippen molar-refractivity contribution in [2.24, 2.45) is 0 Å². The van der Waals surface area contributed by atoms with Gasteiger partial charge in [0.2, 0.25) is 5.91 Å². The molecule has 0 atom stereocenters. The van der Waals surface area contributed by atoms with Gasteiger partial charge in [0, 0.05) is 13.0 Å². The largest absolute Gasteiger partial charge is 0.462 e. The molecule has 0 radical (unpaired) electrons. The number of hydrogen-bond donors (Lipinski definition) is 1. The smallest absolute Gasteiger partial charge is 0.341 e. The van der Waals surface area contributed by atoms with Crippen LogP contribution in [0.5, 0.6) is 0 Å². The molecule has 0 aliphatic rings. The van der Waals surface area contributed by atoms with Gasteiger partial charge < -0.3 is 10.1 Å². The number of thiophene rings is 1. The van der Waals surface area contributed by atoms with Crippen molar-refractivity contribution < 1.29 is 24.0 Å². The third-order valence-electron chi connectivity index (χ3n) is 2.05. The number of nitrogens with one attached hydrogen (secondary N) is 1. The van der Waals surface area contributed by atoms with Crippen LogP contribution in [0.25, 0.3) is 0 Å². The van der Waals surface area contributed by atoms with Gasteiger partial charge in [-0.2, -0.15) is 0 Å². The van der Waals surface area contributed by atoms with Gasteiger partial charge in [0.1, 0.15) is 10.6 Å². The molecule has 1 amide bonds. The van der Waals surface area contributed by atoms with Crippen LogP contribution >= 0.6 is 23.1 Å². The topological polar surface area (TPSA) is 116 Å². The van der Waals surface area contributed by atoms with E-state index in [1.165, 1.54) is 6.92 Å². The number of amides is 1. The molecule has 1 N–H and O–H groups in total. The van der Waals surface area contributed by atoms with Crippen molar-refractivity contribution in [3.63, 3.8) is 0 Å². The summed E-state index contributed by atoms with van der Waals surface area (Å²) in [5.74, 6) is -1.42. The standard InChI is InChI=1S/C11H12N2O6S2/c1-3-19-11(16)7-4-9(13(17)18)21-10(7)12-8(15)5-20-6(2)14/h4H,3,5H2,1-2H3,(H,12,15). The summed E-state index contributed by atoms with van der Waals surface area (Å²) in [6, 6.07) is 1.05. The van der Waals surface area contributed by atoms with Gasteiger partial charge in [-0.1, -0.05) is 11.8 Å². The van der Waals surface area contributed by atoms with Crippen LogP contribution in [-0.4, -0.2) is 34.3 Å². The number of ether oxygens (including phenoxy) is 1. The Morgan fingerprint density at radius 3 is 2.67 bits per heavy atom. The van der Waals surface area contributed by atoms with Crippen LogP contribution < -0.4 is 5.32 Å². The average molecular weight is 332 g/mol. The molecule has 0 bridgehead atoms. The number of esters is 1. The SMILES string of the molecule is CCOC(=O)c1cc([N+](=O)[O-])sc1NC(=O)CSC(C)=O. The van der Waals surface area contributed by atoms with Crippen LogP contribution in [0.2, 0.25) is 0 Å². The van der Waals surface area contributed by atoms with Gasteiger partial charge in [0.15, 0.2) is 5.12 Å². The maximum absolute atomic E-state index is 11.7. The third-order valence-corrected chi connectivity index (χ3v) is 3.87. The second kappa shape index (κ2) is 7.74. The van der Waals surface area contributed by atoms with Gasteiger partial charge in [-0.25, -0.2) is 4.79 Å². The molecule has 114 valence electrons. The first kappa shape index (κ1) is 17.1. The molecule has 0 saturated heterocycles. The van der Waals surface area contributed by atoms with Crippen LogP contribution in [0.4, 0.5) is 10.0 Å². The summed E-state index contributed by atoms with van der Waals surface area (Å²) in [7, 11) is 0. The minimum absolute atomic E-state index is 0.0364. The number of carbonyl (C=O) groups excluding carboxylic acids is 3. The van der Waals surface area contributed by atoms with E-state index in [0.29, 0.717) is 11.3 Å². The highest BCUT2D eigenvalue weighted by molar-refractivity contribution is 8.14. The fourth-order valence-electron chi connectivity index (χ4n) is 1.25. The Morgan fingerprint density at radius 2 is 2.14 bits per heavy atom. The van der Waals surface area contributed by atoms with E-state index in [4.69, 9.17) is 4.74 Å². The molecule has 1 aromatic heterocycles. The molecule has 0 aromatic carbocycles. The van der Waals surface area contributed by atoms with Crippen molar-refractivity contribution in [1.82, 2.24) is 0 Å². The first-order chi connectivity index (χ1) is 9.85. The molecule has 1 rings (SSSR count). The Morgan fingerprint density at radius 1 is 1.48 bits per heavy atom. The van der Waals surface area contributed by atoms with E-state index in [-0.39, 0.29) is 33.0 Å². The number of thioether (sulfide) groups is 1. The van der Waals surface area contributed by atoms with Gasteiger partial charge >= 0.3 is 11.0 Å².